The van der Waals surface area contributed by atoms with Gasteiger partial charge in [-0.3, -0.25) is 4.79 Å². The zero-order valence-electron chi connectivity index (χ0n) is 9.41. The van der Waals surface area contributed by atoms with Crippen LogP contribution in [0.25, 0.3) is 0 Å². The average molecular weight is 222 g/mol. The van der Waals surface area contributed by atoms with Crippen molar-refractivity contribution in [2.24, 2.45) is 5.73 Å². The van der Waals surface area contributed by atoms with Crippen molar-refractivity contribution >= 4 is 5.91 Å². The molecule has 5 nitrogen and oxygen atoms in total. The molecule has 0 bridgehead atoms. The van der Waals surface area contributed by atoms with E-state index in [1.54, 1.807) is 6.33 Å². The minimum Gasteiger partial charge on any atom is -0.353 e. The van der Waals surface area contributed by atoms with Crippen molar-refractivity contribution in [3.63, 3.8) is 0 Å². The number of nitrogens with one attached hydrogen (secondary N) is 1. The lowest BCUT2D eigenvalue weighted by atomic mass is 10.0. The molecule has 0 atom stereocenters. The molecule has 88 valence electrons. The molecule has 16 heavy (non-hydrogen) atoms. The molecule has 0 fully saturated rings. The van der Waals surface area contributed by atoms with Crippen LogP contribution >= 0.6 is 0 Å². The van der Waals surface area contributed by atoms with Crippen molar-refractivity contribution in [2.75, 3.05) is 13.1 Å². The second-order valence-corrected chi connectivity index (χ2v) is 4.11. The van der Waals surface area contributed by atoms with E-state index in [9.17, 15) is 4.79 Å². The monoisotopic (exact) mass is 222 g/mol. The van der Waals surface area contributed by atoms with E-state index in [1.165, 1.54) is 18.5 Å². The van der Waals surface area contributed by atoms with E-state index < -0.39 is 0 Å². The molecule has 1 aliphatic rings. The van der Waals surface area contributed by atoms with Gasteiger partial charge in [0.15, 0.2) is 0 Å². The van der Waals surface area contributed by atoms with E-state index in [1.807, 2.05) is 4.57 Å². The van der Waals surface area contributed by atoms with Gasteiger partial charge >= 0.3 is 0 Å². The molecule has 1 aromatic rings. The Labute approximate surface area is 95.0 Å². The lowest BCUT2D eigenvalue weighted by Crippen LogP contribution is -2.32. The molecule has 0 saturated heterocycles. The summed E-state index contributed by atoms with van der Waals surface area (Å²) in [5.41, 5.74) is 7.72. The second kappa shape index (κ2) is 5.12. The van der Waals surface area contributed by atoms with Crippen LogP contribution in [0.2, 0.25) is 0 Å². The van der Waals surface area contributed by atoms with Gasteiger partial charge in [-0.15, -0.1) is 0 Å². The van der Waals surface area contributed by atoms with Crippen molar-refractivity contribution in [1.82, 2.24) is 14.9 Å². The first-order chi connectivity index (χ1) is 7.81. The Morgan fingerprint density at radius 2 is 2.31 bits per heavy atom. The maximum atomic E-state index is 11.5. The molecule has 1 heterocycles. The van der Waals surface area contributed by atoms with Crippen LogP contribution in [0.15, 0.2) is 6.33 Å². The molecule has 0 radical (unpaired) electrons. The van der Waals surface area contributed by atoms with Crippen LogP contribution in [0.3, 0.4) is 0 Å². The Hall–Kier alpha value is -1.36. The van der Waals surface area contributed by atoms with Crippen LogP contribution in [0.1, 0.15) is 24.2 Å². The third-order valence-electron chi connectivity index (χ3n) is 2.89. The third-order valence-corrected chi connectivity index (χ3v) is 2.89. The number of imidazole rings is 1. The first kappa shape index (κ1) is 11.1. The second-order valence-electron chi connectivity index (χ2n) is 4.11. The van der Waals surface area contributed by atoms with Gasteiger partial charge in [0.1, 0.15) is 6.54 Å². The van der Waals surface area contributed by atoms with Crippen LogP contribution < -0.4 is 11.1 Å². The average Bonchev–Trinajstić information content (AvgIpc) is 2.70. The fourth-order valence-electron chi connectivity index (χ4n) is 2.09. The number of aryl methyl sites for hydroxylation is 1. The number of nitrogens with zero attached hydrogens (tertiary/aromatic N) is 2. The zero-order valence-corrected chi connectivity index (χ0v) is 9.41. The van der Waals surface area contributed by atoms with Crippen molar-refractivity contribution in [3.05, 3.63) is 17.7 Å². The first-order valence-corrected chi connectivity index (χ1v) is 5.81. The van der Waals surface area contributed by atoms with Crippen LogP contribution in [-0.4, -0.2) is 28.5 Å². The molecule has 1 amide bonds. The van der Waals surface area contributed by atoms with Gasteiger partial charge in [-0.25, -0.2) is 4.98 Å². The van der Waals surface area contributed by atoms with Gasteiger partial charge in [0, 0.05) is 18.8 Å². The van der Waals surface area contributed by atoms with Gasteiger partial charge in [0.25, 0.3) is 0 Å². The summed E-state index contributed by atoms with van der Waals surface area (Å²) in [6.45, 7) is 1.38. The quantitative estimate of drug-likeness (QED) is 0.743. The van der Waals surface area contributed by atoms with E-state index in [0.29, 0.717) is 19.6 Å². The maximum Gasteiger partial charge on any atom is 0.240 e. The lowest BCUT2D eigenvalue weighted by Gasteiger charge is -2.13. The number of carbonyl (C=O) groups is 1. The summed E-state index contributed by atoms with van der Waals surface area (Å²) < 4.78 is 1.96. The smallest absolute Gasteiger partial charge is 0.240 e. The molecule has 1 aromatic heterocycles. The lowest BCUT2D eigenvalue weighted by molar-refractivity contribution is -0.121. The number of aromatic nitrogens is 2. The highest BCUT2D eigenvalue weighted by molar-refractivity contribution is 5.75. The molecule has 1 aliphatic carbocycles. The van der Waals surface area contributed by atoms with E-state index in [0.717, 1.165) is 18.5 Å². The van der Waals surface area contributed by atoms with Crippen molar-refractivity contribution in [1.29, 1.82) is 0 Å². The Bertz CT molecular complexity index is 372. The predicted octanol–water partition coefficient (Wildman–Crippen LogP) is -0.163. The largest absolute Gasteiger partial charge is 0.353 e. The highest BCUT2D eigenvalue weighted by Gasteiger charge is 2.16. The van der Waals surface area contributed by atoms with E-state index in [-0.39, 0.29) is 5.91 Å². The maximum absolute atomic E-state index is 11.5. The Morgan fingerprint density at radius 3 is 3.12 bits per heavy atom. The molecule has 0 saturated carbocycles. The number of nitrogens with two attached hydrogens (primary N) is 1. The van der Waals surface area contributed by atoms with Gasteiger partial charge in [-0.05, 0) is 25.7 Å². The van der Waals surface area contributed by atoms with Crippen LogP contribution in [0.5, 0.6) is 0 Å². The van der Waals surface area contributed by atoms with Crippen LogP contribution in [-0.2, 0) is 24.2 Å². The summed E-state index contributed by atoms with van der Waals surface area (Å²) in [6.07, 6.45) is 6.27. The molecular weight excluding hydrogens is 204 g/mol. The summed E-state index contributed by atoms with van der Waals surface area (Å²) >= 11 is 0. The third kappa shape index (κ3) is 2.41. The molecular formula is C11H18N4O. The van der Waals surface area contributed by atoms with Gasteiger partial charge in [-0.1, -0.05) is 0 Å². The predicted molar refractivity (Wildman–Crippen MR) is 60.9 cm³/mol. The number of hydrogen-bond donors (Lipinski definition) is 2. The number of fused-ring (bicyclic) bond motifs is 1. The minimum absolute atomic E-state index is 0.0104. The summed E-state index contributed by atoms with van der Waals surface area (Å²) in [6, 6.07) is 0. The molecule has 5 heteroatoms. The Kier molecular flexibility index (Phi) is 3.56. The normalized spacial score (nSPS) is 14.6. The Balaban J connectivity index is 1.99. The molecule has 0 aliphatic heterocycles. The number of hydrogen-bond acceptors (Lipinski definition) is 3. The summed E-state index contributed by atoms with van der Waals surface area (Å²) in [5.74, 6) is 0.0104. The number of amides is 1. The van der Waals surface area contributed by atoms with Crippen LogP contribution in [0.4, 0.5) is 0 Å². The van der Waals surface area contributed by atoms with E-state index in [2.05, 4.69) is 10.3 Å². The molecule has 0 unspecified atom stereocenters. The summed E-state index contributed by atoms with van der Waals surface area (Å²) in [7, 11) is 0. The summed E-state index contributed by atoms with van der Waals surface area (Å²) in [5, 5.41) is 2.76. The van der Waals surface area contributed by atoms with Gasteiger partial charge in [0.2, 0.25) is 5.91 Å². The van der Waals surface area contributed by atoms with Gasteiger partial charge in [-0.2, -0.15) is 0 Å². The van der Waals surface area contributed by atoms with Gasteiger partial charge < -0.3 is 15.6 Å². The van der Waals surface area contributed by atoms with Crippen molar-refractivity contribution < 1.29 is 4.79 Å². The summed E-state index contributed by atoms with van der Waals surface area (Å²) in [4.78, 5) is 15.9. The van der Waals surface area contributed by atoms with E-state index >= 15 is 0 Å². The number of rotatable bonds is 4. The fraction of sp³-hybridized carbons (Fsp3) is 0.636. The van der Waals surface area contributed by atoms with E-state index in [4.69, 9.17) is 5.73 Å². The topological polar surface area (TPSA) is 72.9 Å². The molecule has 2 rings (SSSR count). The fourth-order valence-corrected chi connectivity index (χ4v) is 2.09. The highest BCUT2D eigenvalue weighted by atomic mass is 16.1. The molecule has 3 N–H and O–H groups in total. The Morgan fingerprint density at radius 1 is 1.50 bits per heavy atom. The van der Waals surface area contributed by atoms with Crippen molar-refractivity contribution in [2.45, 2.75) is 32.2 Å². The standard InChI is InChI=1S/C11H18N4O/c12-5-6-13-11(16)7-15-8-14-9-3-1-2-4-10(9)15/h8H,1-7,12H2,(H,13,16). The molecule has 0 spiro atoms. The minimum atomic E-state index is 0.0104. The number of carbonyl (C=O) groups excluding carboxylic acids is 1. The zero-order chi connectivity index (χ0) is 11.4. The van der Waals surface area contributed by atoms with Crippen LogP contribution in [0, 0.1) is 0 Å². The van der Waals surface area contributed by atoms with Crippen molar-refractivity contribution in [3.8, 4) is 0 Å². The molecule has 0 aromatic carbocycles. The SMILES string of the molecule is NCCNC(=O)Cn1cnc2c1CCCC2. The van der Waals surface area contributed by atoms with Gasteiger partial charge in [0.05, 0.1) is 12.0 Å². The first-order valence-electron chi connectivity index (χ1n) is 5.81. The highest BCUT2D eigenvalue weighted by Crippen LogP contribution is 2.19.